The quantitative estimate of drug-likeness (QED) is 0.786. The van der Waals surface area contributed by atoms with E-state index in [0.29, 0.717) is 19.0 Å². The van der Waals surface area contributed by atoms with Gasteiger partial charge in [0.2, 0.25) is 0 Å². The van der Waals surface area contributed by atoms with Crippen LogP contribution >= 0.6 is 0 Å². The van der Waals surface area contributed by atoms with Gasteiger partial charge in [0.1, 0.15) is 5.75 Å². The maximum Gasteiger partial charge on any atom is 0.407 e. The first-order valence-corrected chi connectivity index (χ1v) is 5.85. The zero-order valence-corrected chi connectivity index (χ0v) is 9.89. The number of aryl methyl sites for hydroxylation is 1. The van der Waals surface area contributed by atoms with Gasteiger partial charge in [0.15, 0.2) is 0 Å². The van der Waals surface area contributed by atoms with Crippen LogP contribution in [0.3, 0.4) is 0 Å². The van der Waals surface area contributed by atoms with Crippen molar-refractivity contribution in [3.63, 3.8) is 0 Å². The summed E-state index contributed by atoms with van der Waals surface area (Å²) in [6.07, 6.45) is 0.890. The van der Waals surface area contributed by atoms with Gasteiger partial charge in [-0.3, -0.25) is 0 Å². The van der Waals surface area contributed by atoms with E-state index in [1.54, 1.807) is 12.1 Å². The van der Waals surface area contributed by atoms with E-state index in [0.717, 1.165) is 18.4 Å². The molecule has 0 radical (unpaired) electrons. The topological polar surface area (TPSA) is 60.8 Å². The Kier molecular flexibility index (Phi) is 3.22. The number of benzene rings is 1. The number of likely N-dealkylation sites (tertiary alicyclic amines) is 1. The van der Waals surface area contributed by atoms with Crippen LogP contribution in [0.25, 0.3) is 0 Å². The lowest BCUT2D eigenvalue weighted by Crippen LogP contribution is -2.36. The molecule has 0 aromatic heterocycles. The van der Waals surface area contributed by atoms with Crippen molar-refractivity contribution in [3.05, 3.63) is 29.3 Å². The maximum atomic E-state index is 10.8. The Hall–Kier alpha value is -1.71. The highest BCUT2D eigenvalue weighted by Gasteiger charge is 2.24. The number of carboxylic acid groups (broad SMARTS) is 1. The highest BCUT2D eigenvalue weighted by atomic mass is 16.4. The van der Waals surface area contributed by atoms with Gasteiger partial charge in [0.05, 0.1) is 0 Å². The van der Waals surface area contributed by atoms with E-state index < -0.39 is 6.09 Å². The second kappa shape index (κ2) is 4.65. The molecule has 2 rings (SSSR count). The first-order valence-electron chi connectivity index (χ1n) is 5.85. The molecule has 92 valence electrons. The molecule has 1 amide bonds. The summed E-state index contributed by atoms with van der Waals surface area (Å²) in [5, 5.41) is 18.2. The summed E-state index contributed by atoms with van der Waals surface area (Å²) in [4.78, 5) is 12.3. The molecule has 2 N–H and O–H groups in total. The van der Waals surface area contributed by atoms with E-state index in [2.05, 4.69) is 0 Å². The molecule has 1 fully saturated rings. The second-order valence-electron chi connectivity index (χ2n) is 4.58. The number of phenols is 1. The Balaban J connectivity index is 2.08. The van der Waals surface area contributed by atoms with Crippen LogP contribution in [0.15, 0.2) is 18.2 Å². The SMILES string of the molecule is Cc1cc(O)ccc1C1CCN(C(=O)O)CC1. The Labute approximate surface area is 100 Å². The van der Waals surface area contributed by atoms with Crippen molar-refractivity contribution in [1.29, 1.82) is 0 Å². The van der Waals surface area contributed by atoms with Crippen LogP contribution in [0.2, 0.25) is 0 Å². The molecule has 1 saturated heterocycles. The molecule has 1 aliphatic heterocycles. The van der Waals surface area contributed by atoms with E-state index >= 15 is 0 Å². The third-order valence-corrected chi connectivity index (χ3v) is 3.46. The van der Waals surface area contributed by atoms with Crippen LogP contribution < -0.4 is 0 Å². The number of aromatic hydroxyl groups is 1. The highest BCUT2D eigenvalue weighted by molar-refractivity contribution is 5.65. The zero-order chi connectivity index (χ0) is 12.4. The van der Waals surface area contributed by atoms with Crippen molar-refractivity contribution >= 4 is 6.09 Å². The average molecular weight is 235 g/mol. The molecule has 0 unspecified atom stereocenters. The molecule has 0 spiro atoms. The van der Waals surface area contributed by atoms with Crippen molar-refractivity contribution in [1.82, 2.24) is 4.90 Å². The normalized spacial score (nSPS) is 17.1. The van der Waals surface area contributed by atoms with Crippen molar-refractivity contribution in [2.45, 2.75) is 25.7 Å². The van der Waals surface area contributed by atoms with Crippen molar-refractivity contribution in [2.24, 2.45) is 0 Å². The summed E-state index contributed by atoms with van der Waals surface area (Å²) in [6, 6.07) is 5.41. The van der Waals surface area contributed by atoms with Crippen LogP contribution in [-0.2, 0) is 0 Å². The molecule has 0 saturated carbocycles. The first-order chi connectivity index (χ1) is 8.08. The summed E-state index contributed by atoms with van der Waals surface area (Å²) in [6.45, 7) is 3.18. The Morgan fingerprint density at radius 1 is 1.35 bits per heavy atom. The lowest BCUT2D eigenvalue weighted by Gasteiger charge is -2.30. The van der Waals surface area contributed by atoms with Gasteiger partial charge in [0, 0.05) is 13.1 Å². The molecule has 1 aromatic carbocycles. The molecule has 4 nitrogen and oxygen atoms in total. The third kappa shape index (κ3) is 2.52. The number of amides is 1. The number of phenolic OH excluding ortho intramolecular Hbond substituents is 1. The molecular weight excluding hydrogens is 218 g/mol. The summed E-state index contributed by atoms with van der Waals surface area (Å²) >= 11 is 0. The highest BCUT2D eigenvalue weighted by Crippen LogP contribution is 2.31. The number of rotatable bonds is 1. The van der Waals surface area contributed by atoms with Crippen LogP contribution in [0.1, 0.15) is 29.9 Å². The van der Waals surface area contributed by atoms with Gasteiger partial charge < -0.3 is 15.1 Å². The van der Waals surface area contributed by atoms with Crippen LogP contribution in [-0.4, -0.2) is 34.3 Å². The standard InChI is InChI=1S/C13H17NO3/c1-9-8-11(15)2-3-12(9)10-4-6-14(7-5-10)13(16)17/h2-3,8,10,15H,4-7H2,1H3,(H,16,17). The number of hydrogen-bond donors (Lipinski definition) is 2. The average Bonchev–Trinajstić information content (AvgIpc) is 2.29. The fourth-order valence-electron chi connectivity index (χ4n) is 2.50. The molecule has 0 aliphatic carbocycles. The predicted molar refractivity (Wildman–Crippen MR) is 64.4 cm³/mol. The van der Waals surface area contributed by atoms with Gasteiger partial charge in [-0.1, -0.05) is 6.07 Å². The summed E-state index contributed by atoms with van der Waals surface area (Å²) in [5.74, 6) is 0.695. The van der Waals surface area contributed by atoms with Crippen molar-refractivity contribution < 1.29 is 15.0 Å². The van der Waals surface area contributed by atoms with Gasteiger partial charge >= 0.3 is 6.09 Å². The minimum Gasteiger partial charge on any atom is -0.508 e. The molecule has 1 heterocycles. The number of hydrogen-bond acceptors (Lipinski definition) is 2. The van der Waals surface area contributed by atoms with Crippen LogP contribution in [0.5, 0.6) is 5.75 Å². The minimum atomic E-state index is -0.828. The fourth-order valence-corrected chi connectivity index (χ4v) is 2.50. The van der Waals surface area contributed by atoms with Gasteiger partial charge in [-0.05, 0) is 48.9 Å². The van der Waals surface area contributed by atoms with E-state index in [1.807, 2.05) is 13.0 Å². The lowest BCUT2D eigenvalue weighted by molar-refractivity contribution is 0.132. The van der Waals surface area contributed by atoms with Gasteiger partial charge in [0.25, 0.3) is 0 Å². The van der Waals surface area contributed by atoms with Gasteiger partial charge in [-0.2, -0.15) is 0 Å². The first kappa shape index (κ1) is 11.8. The second-order valence-corrected chi connectivity index (χ2v) is 4.58. The van der Waals surface area contributed by atoms with Crippen LogP contribution in [0, 0.1) is 6.92 Å². The van der Waals surface area contributed by atoms with E-state index in [4.69, 9.17) is 5.11 Å². The lowest BCUT2D eigenvalue weighted by atomic mass is 9.87. The van der Waals surface area contributed by atoms with E-state index in [9.17, 15) is 9.90 Å². The molecule has 1 aromatic rings. The van der Waals surface area contributed by atoms with Crippen molar-refractivity contribution in [2.75, 3.05) is 13.1 Å². The third-order valence-electron chi connectivity index (χ3n) is 3.46. The van der Waals surface area contributed by atoms with Crippen LogP contribution in [0.4, 0.5) is 4.79 Å². The van der Waals surface area contributed by atoms with Gasteiger partial charge in [-0.15, -0.1) is 0 Å². The van der Waals surface area contributed by atoms with E-state index in [-0.39, 0.29) is 5.75 Å². The fraction of sp³-hybridized carbons (Fsp3) is 0.462. The largest absolute Gasteiger partial charge is 0.508 e. The predicted octanol–water partition coefficient (Wildman–Crippen LogP) is 2.56. The number of nitrogens with zero attached hydrogens (tertiary/aromatic N) is 1. The number of piperidine rings is 1. The Bertz CT molecular complexity index is 423. The summed E-state index contributed by atoms with van der Waals surface area (Å²) < 4.78 is 0. The van der Waals surface area contributed by atoms with E-state index in [1.165, 1.54) is 10.5 Å². The van der Waals surface area contributed by atoms with Crippen molar-refractivity contribution in [3.8, 4) is 5.75 Å². The summed E-state index contributed by atoms with van der Waals surface area (Å²) in [7, 11) is 0. The zero-order valence-electron chi connectivity index (χ0n) is 9.89. The minimum absolute atomic E-state index is 0.286. The molecule has 4 heteroatoms. The molecule has 17 heavy (non-hydrogen) atoms. The number of carbonyl (C=O) groups is 1. The molecule has 1 aliphatic rings. The Morgan fingerprint density at radius 3 is 2.53 bits per heavy atom. The maximum absolute atomic E-state index is 10.8. The van der Waals surface area contributed by atoms with Gasteiger partial charge in [-0.25, -0.2) is 4.79 Å². The molecule has 0 bridgehead atoms. The molecule has 0 atom stereocenters. The smallest absolute Gasteiger partial charge is 0.407 e. The monoisotopic (exact) mass is 235 g/mol. The Morgan fingerprint density at radius 2 is 2.00 bits per heavy atom. The molecular formula is C13H17NO3. The summed E-state index contributed by atoms with van der Waals surface area (Å²) in [5.41, 5.74) is 2.31.